The molecular formula is C17H21N5O4. The van der Waals surface area contributed by atoms with Gasteiger partial charge in [-0.05, 0) is 20.3 Å². The molecule has 0 aliphatic rings. The molecule has 26 heavy (non-hydrogen) atoms. The van der Waals surface area contributed by atoms with Gasteiger partial charge in [-0.1, -0.05) is 0 Å². The third kappa shape index (κ3) is 3.38. The van der Waals surface area contributed by atoms with Crippen LogP contribution in [-0.2, 0) is 17.8 Å². The largest absolute Gasteiger partial charge is 0.442 e. The van der Waals surface area contributed by atoms with E-state index in [9.17, 15) is 9.59 Å². The van der Waals surface area contributed by atoms with Crippen molar-refractivity contribution < 1.29 is 13.9 Å². The molecule has 3 heterocycles. The van der Waals surface area contributed by atoms with Gasteiger partial charge in [0.25, 0.3) is 11.5 Å². The van der Waals surface area contributed by atoms with Gasteiger partial charge in [0.2, 0.25) is 5.71 Å². The minimum Gasteiger partial charge on any atom is -0.442 e. The maximum atomic E-state index is 12.8. The van der Waals surface area contributed by atoms with E-state index in [1.807, 2.05) is 6.92 Å². The van der Waals surface area contributed by atoms with Crippen molar-refractivity contribution in [2.45, 2.75) is 33.4 Å². The minimum absolute atomic E-state index is 0.153. The monoisotopic (exact) mass is 359 g/mol. The molecule has 3 aromatic heterocycles. The molecule has 9 heteroatoms. The molecule has 1 amide bonds. The first kappa shape index (κ1) is 17.9. The standard InChI is InChI=1S/C17H21N5O4/c1-4-22-8-6-12(20-22)19-15(23)13-11(2)26-16-14(13)17(24)21(10-18-16)7-5-9-25-3/h6,8,10H,4-5,7,9H2,1-3H3,(H,19,20,23). The highest BCUT2D eigenvalue weighted by atomic mass is 16.5. The highest BCUT2D eigenvalue weighted by Gasteiger charge is 2.23. The van der Waals surface area contributed by atoms with Gasteiger partial charge < -0.3 is 14.5 Å². The fourth-order valence-corrected chi connectivity index (χ4v) is 2.73. The zero-order valence-electron chi connectivity index (χ0n) is 15.0. The summed E-state index contributed by atoms with van der Waals surface area (Å²) in [5.74, 6) is 0.303. The third-order valence-electron chi connectivity index (χ3n) is 4.04. The molecular weight excluding hydrogens is 338 g/mol. The van der Waals surface area contributed by atoms with E-state index in [0.717, 1.165) is 0 Å². The van der Waals surface area contributed by atoms with Gasteiger partial charge in [-0.15, -0.1) is 0 Å². The van der Waals surface area contributed by atoms with E-state index < -0.39 is 5.91 Å². The lowest BCUT2D eigenvalue weighted by Gasteiger charge is -2.05. The number of aromatic nitrogens is 4. The third-order valence-corrected chi connectivity index (χ3v) is 4.04. The molecule has 0 fully saturated rings. The molecule has 3 rings (SSSR count). The van der Waals surface area contributed by atoms with Crippen molar-refractivity contribution in [3.05, 3.63) is 40.3 Å². The summed E-state index contributed by atoms with van der Waals surface area (Å²) in [4.78, 5) is 29.7. The smallest absolute Gasteiger partial charge is 0.265 e. The molecule has 1 N–H and O–H groups in total. The topological polar surface area (TPSA) is 104 Å². The number of fused-ring (bicyclic) bond motifs is 1. The zero-order valence-corrected chi connectivity index (χ0v) is 15.0. The van der Waals surface area contributed by atoms with E-state index >= 15 is 0 Å². The Labute approximate surface area is 149 Å². The van der Waals surface area contributed by atoms with Crippen LogP contribution in [0.5, 0.6) is 0 Å². The van der Waals surface area contributed by atoms with Crippen molar-refractivity contribution >= 4 is 22.8 Å². The van der Waals surface area contributed by atoms with Crippen LogP contribution in [0, 0.1) is 6.92 Å². The van der Waals surface area contributed by atoms with Crippen LogP contribution in [0.2, 0.25) is 0 Å². The van der Waals surface area contributed by atoms with E-state index in [1.54, 1.807) is 31.0 Å². The summed E-state index contributed by atoms with van der Waals surface area (Å²) in [7, 11) is 1.60. The van der Waals surface area contributed by atoms with Crippen LogP contribution in [0.15, 0.2) is 27.8 Å². The molecule has 0 saturated heterocycles. The molecule has 0 unspecified atom stereocenters. The average molecular weight is 359 g/mol. The molecule has 3 aromatic rings. The Bertz CT molecular complexity index is 985. The summed E-state index contributed by atoms with van der Waals surface area (Å²) in [6.07, 6.45) is 3.85. The first-order valence-corrected chi connectivity index (χ1v) is 8.37. The molecule has 138 valence electrons. The Morgan fingerprint density at radius 3 is 2.92 bits per heavy atom. The number of ether oxygens (including phenoxy) is 1. The number of anilines is 1. The molecule has 0 atom stereocenters. The quantitative estimate of drug-likeness (QED) is 0.645. The highest BCUT2D eigenvalue weighted by molar-refractivity contribution is 6.12. The predicted molar refractivity (Wildman–Crippen MR) is 95.4 cm³/mol. The molecule has 0 spiro atoms. The Morgan fingerprint density at radius 2 is 2.23 bits per heavy atom. The summed E-state index contributed by atoms with van der Waals surface area (Å²) >= 11 is 0. The van der Waals surface area contributed by atoms with E-state index in [1.165, 1.54) is 10.9 Å². The fraction of sp³-hybridized carbons (Fsp3) is 0.412. The van der Waals surface area contributed by atoms with Gasteiger partial charge in [0.1, 0.15) is 17.5 Å². The maximum absolute atomic E-state index is 12.8. The molecule has 0 aliphatic carbocycles. The molecule has 9 nitrogen and oxygen atoms in total. The number of methoxy groups -OCH3 is 1. The number of nitrogens with zero attached hydrogens (tertiary/aromatic N) is 4. The molecule has 0 saturated carbocycles. The van der Waals surface area contributed by atoms with Gasteiger partial charge in [0.05, 0.1) is 5.56 Å². The number of nitrogens with one attached hydrogen (secondary N) is 1. The van der Waals surface area contributed by atoms with Crippen LogP contribution in [-0.4, -0.2) is 39.0 Å². The second-order valence-electron chi connectivity index (χ2n) is 5.81. The number of aryl methyl sites for hydroxylation is 3. The Morgan fingerprint density at radius 1 is 1.42 bits per heavy atom. The van der Waals surface area contributed by atoms with Crippen LogP contribution in [0.4, 0.5) is 5.82 Å². The van der Waals surface area contributed by atoms with Crippen LogP contribution in [0.25, 0.3) is 11.1 Å². The zero-order chi connectivity index (χ0) is 18.7. The first-order valence-electron chi connectivity index (χ1n) is 8.37. The molecule has 0 radical (unpaired) electrons. The summed E-state index contributed by atoms with van der Waals surface area (Å²) in [6, 6.07) is 1.69. The normalized spacial score (nSPS) is 11.2. The molecule has 0 aliphatic heterocycles. The lowest BCUT2D eigenvalue weighted by atomic mass is 10.2. The van der Waals surface area contributed by atoms with E-state index in [2.05, 4.69) is 15.4 Å². The van der Waals surface area contributed by atoms with Gasteiger partial charge in [-0.2, -0.15) is 5.10 Å². The van der Waals surface area contributed by atoms with Gasteiger partial charge in [0, 0.05) is 39.1 Å². The van der Waals surface area contributed by atoms with Gasteiger partial charge in [0.15, 0.2) is 5.82 Å². The highest BCUT2D eigenvalue weighted by Crippen LogP contribution is 2.22. The fourth-order valence-electron chi connectivity index (χ4n) is 2.73. The lowest BCUT2D eigenvalue weighted by molar-refractivity contribution is 0.102. The number of hydrogen-bond acceptors (Lipinski definition) is 6. The predicted octanol–water partition coefficient (Wildman–Crippen LogP) is 1.80. The lowest BCUT2D eigenvalue weighted by Crippen LogP contribution is -2.23. The summed E-state index contributed by atoms with van der Waals surface area (Å²) < 4.78 is 13.7. The Kier molecular flexibility index (Phi) is 5.17. The average Bonchev–Trinajstić information content (AvgIpc) is 3.20. The summed E-state index contributed by atoms with van der Waals surface area (Å²) in [6.45, 7) is 5.25. The van der Waals surface area contributed by atoms with Gasteiger partial charge in [-0.3, -0.25) is 18.8 Å². The first-order chi connectivity index (χ1) is 12.5. The number of rotatable bonds is 7. The summed E-state index contributed by atoms with van der Waals surface area (Å²) in [5, 5.41) is 7.10. The number of hydrogen-bond donors (Lipinski definition) is 1. The van der Waals surface area contributed by atoms with Crippen LogP contribution in [0.3, 0.4) is 0 Å². The van der Waals surface area contributed by atoms with Crippen LogP contribution < -0.4 is 10.9 Å². The Hall–Kier alpha value is -2.94. The van der Waals surface area contributed by atoms with Crippen molar-refractivity contribution in [2.24, 2.45) is 0 Å². The van der Waals surface area contributed by atoms with Gasteiger partial charge in [-0.25, -0.2) is 4.98 Å². The maximum Gasteiger partial charge on any atom is 0.265 e. The number of carbonyl (C=O) groups is 1. The molecule has 0 aromatic carbocycles. The van der Waals surface area contributed by atoms with Crippen molar-refractivity contribution in [3.8, 4) is 0 Å². The van der Waals surface area contributed by atoms with Gasteiger partial charge >= 0.3 is 0 Å². The van der Waals surface area contributed by atoms with Crippen molar-refractivity contribution in [3.63, 3.8) is 0 Å². The number of amides is 1. The van der Waals surface area contributed by atoms with E-state index in [4.69, 9.17) is 9.15 Å². The SMILES string of the molecule is CCn1ccc(NC(=O)c2c(C)oc3ncn(CCCOC)c(=O)c23)n1. The van der Waals surface area contributed by atoms with Crippen molar-refractivity contribution in [1.82, 2.24) is 19.3 Å². The summed E-state index contributed by atoms with van der Waals surface area (Å²) in [5.41, 5.74) is 0.0246. The van der Waals surface area contributed by atoms with Crippen molar-refractivity contribution in [2.75, 3.05) is 19.0 Å². The number of carbonyl (C=O) groups excluding carboxylic acids is 1. The Balaban J connectivity index is 1.96. The van der Waals surface area contributed by atoms with Crippen LogP contribution >= 0.6 is 0 Å². The van der Waals surface area contributed by atoms with Crippen LogP contribution in [0.1, 0.15) is 29.5 Å². The number of furan rings is 1. The second-order valence-corrected chi connectivity index (χ2v) is 5.81. The second kappa shape index (κ2) is 7.52. The van der Waals surface area contributed by atoms with E-state index in [-0.39, 0.29) is 22.2 Å². The van der Waals surface area contributed by atoms with Crippen molar-refractivity contribution in [1.29, 1.82) is 0 Å². The van der Waals surface area contributed by atoms with E-state index in [0.29, 0.717) is 37.7 Å². The minimum atomic E-state index is -0.448. The molecule has 0 bridgehead atoms.